The molecule has 8 heteroatoms. The maximum atomic E-state index is 12.5. The molecule has 13 atom stereocenters. The molecule has 9 aliphatic rings. The lowest BCUT2D eigenvalue weighted by Crippen LogP contribution is -2.60. The second-order valence-corrected chi connectivity index (χ2v) is 19.0. The van der Waals surface area contributed by atoms with E-state index < -0.39 is 6.10 Å². The quantitative estimate of drug-likeness (QED) is 0.371. The zero-order valence-electron chi connectivity index (χ0n) is 29.7. The molecule has 9 fully saturated rings. The molecule has 47 heavy (non-hydrogen) atoms. The third-order valence-electron chi connectivity index (χ3n) is 17.2. The molecule has 2 spiro atoms. The number of aliphatic hydroxyl groups excluding tert-OH is 1. The Morgan fingerprint density at radius 1 is 0.979 bits per heavy atom. The van der Waals surface area contributed by atoms with Gasteiger partial charge in [0, 0.05) is 12.0 Å². The number of nitrogens with zero attached hydrogens (tertiary/aromatic N) is 1. The number of hydrogen-bond acceptors (Lipinski definition) is 8. The molecule has 0 aromatic rings. The van der Waals surface area contributed by atoms with Crippen molar-refractivity contribution in [1.29, 1.82) is 0 Å². The van der Waals surface area contributed by atoms with Crippen LogP contribution in [0.15, 0.2) is 0 Å². The summed E-state index contributed by atoms with van der Waals surface area (Å²) in [5.74, 6) is 1.97. The number of carbonyl (C=O) groups is 1. The largest absolute Gasteiger partial charge is 0.463 e. The standard InChI is InChI=1S/C39H61NO7/c1-23-17-26(21-45-34(42)24-7-6-8-24)46-32-31(23)36(4)13-14-39-22-38(39)12-11-29(47-30-18-40(15-16-44-30)25-19-43-20-25)35(2,3)27(38)9-10-28(39)37(36,5)33(32)41/h23-33,41H,6-22H2,1-5H3/t23-,26-,27+,28+,29+,30?,31+,32+,33+,36-,37-,38-,39+/m1/s1. The van der Waals surface area contributed by atoms with E-state index in [2.05, 4.69) is 39.5 Å². The van der Waals surface area contributed by atoms with Gasteiger partial charge in [0.25, 0.3) is 0 Å². The van der Waals surface area contributed by atoms with E-state index in [-0.39, 0.29) is 52.7 Å². The van der Waals surface area contributed by atoms with E-state index in [9.17, 15) is 9.90 Å². The van der Waals surface area contributed by atoms with Crippen LogP contribution in [0, 0.1) is 56.7 Å². The topological polar surface area (TPSA) is 86.7 Å². The fourth-order valence-electron chi connectivity index (χ4n) is 14.3. The van der Waals surface area contributed by atoms with Gasteiger partial charge in [-0.05, 0) is 110 Å². The number of carbonyl (C=O) groups excluding carboxylic acids is 1. The highest BCUT2D eigenvalue weighted by Gasteiger charge is 2.84. The van der Waals surface area contributed by atoms with Crippen LogP contribution < -0.4 is 0 Å². The molecular weight excluding hydrogens is 594 g/mol. The van der Waals surface area contributed by atoms with Crippen molar-refractivity contribution < 1.29 is 33.6 Å². The molecule has 0 aromatic carbocycles. The van der Waals surface area contributed by atoms with Gasteiger partial charge in [-0.15, -0.1) is 0 Å². The molecule has 8 nitrogen and oxygen atoms in total. The van der Waals surface area contributed by atoms with Gasteiger partial charge in [0.15, 0.2) is 6.29 Å². The summed E-state index contributed by atoms with van der Waals surface area (Å²) in [4.78, 5) is 15.0. The lowest BCUT2D eigenvalue weighted by molar-refractivity contribution is -0.256. The molecule has 6 aliphatic carbocycles. The number of esters is 1. The lowest BCUT2D eigenvalue weighted by Gasteiger charge is -2.64. The summed E-state index contributed by atoms with van der Waals surface area (Å²) in [7, 11) is 0. The minimum absolute atomic E-state index is 0.0438. The van der Waals surface area contributed by atoms with Crippen LogP contribution in [0.3, 0.4) is 0 Å². The monoisotopic (exact) mass is 655 g/mol. The average molecular weight is 656 g/mol. The molecule has 3 heterocycles. The molecule has 3 saturated heterocycles. The van der Waals surface area contributed by atoms with E-state index in [1.54, 1.807) is 0 Å². The van der Waals surface area contributed by atoms with Gasteiger partial charge < -0.3 is 28.8 Å². The second kappa shape index (κ2) is 10.9. The molecule has 6 saturated carbocycles. The van der Waals surface area contributed by atoms with Crippen molar-refractivity contribution in [2.24, 2.45) is 56.7 Å². The summed E-state index contributed by atoms with van der Waals surface area (Å²) >= 11 is 0. The Kier molecular flexibility index (Phi) is 7.44. The zero-order valence-corrected chi connectivity index (χ0v) is 29.7. The van der Waals surface area contributed by atoms with Crippen molar-refractivity contribution in [2.45, 2.75) is 142 Å². The van der Waals surface area contributed by atoms with Crippen molar-refractivity contribution in [2.75, 3.05) is 39.5 Å². The molecule has 0 aromatic heterocycles. The summed E-state index contributed by atoms with van der Waals surface area (Å²) in [5.41, 5.74) is 0.642. The Hall–Kier alpha value is -0.770. The fourth-order valence-corrected chi connectivity index (χ4v) is 14.3. The second-order valence-electron chi connectivity index (χ2n) is 19.0. The highest BCUT2D eigenvalue weighted by molar-refractivity contribution is 5.73. The summed E-state index contributed by atoms with van der Waals surface area (Å²) < 4.78 is 31.2. The Morgan fingerprint density at radius 2 is 1.74 bits per heavy atom. The third kappa shape index (κ3) is 4.30. The van der Waals surface area contributed by atoms with Crippen LogP contribution >= 0.6 is 0 Å². The predicted molar refractivity (Wildman–Crippen MR) is 175 cm³/mol. The molecule has 1 N–H and O–H groups in total. The van der Waals surface area contributed by atoms with Crippen LogP contribution in [0.25, 0.3) is 0 Å². The Morgan fingerprint density at radius 3 is 2.47 bits per heavy atom. The van der Waals surface area contributed by atoms with Gasteiger partial charge in [-0.3, -0.25) is 9.69 Å². The van der Waals surface area contributed by atoms with Crippen molar-refractivity contribution in [1.82, 2.24) is 4.90 Å². The van der Waals surface area contributed by atoms with Gasteiger partial charge >= 0.3 is 5.97 Å². The Bertz CT molecular complexity index is 1250. The SMILES string of the molecule is C[C@@H]1C[C@H](COC(=O)C2CCC2)O[C@H]2[C@H]1[C@@]1(C)CC[C@@]34C[C@@]35CC[C@H](OC3CN(C6COC6)CCO3)C(C)(C)[C@@H]5CC[C@H]4[C@]1(C)[C@H]2O. The summed E-state index contributed by atoms with van der Waals surface area (Å²) in [6, 6.07) is 0.524. The number of rotatable bonds is 6. The summed E-state index contributed by atoms with van der Waals surface area (Å²) in [6.45, 7) is 16.9. The van der Waals surface area contributed by atoms with Crippen LogP contribution in [-0.2, 0) is 28.5 Å². The number of aliphatic hydroxyl groups is 1. The summed E-state index contributed by atoms with van der Waals surface area (Å²) in [6.07, 6.45) is 11.8. The zero-order chi connectivity index (χ0) is 32.6. The van der Waals surface area contributed by atoms with Crippen LogP contribution in [0.1, 0.15) is 105 Å². The van der Waals surface area contributed by atoms with Crippen LogP contribution in [0.5, 0.6) is 0 Å². The first-order chi connectivity index (χ1) is 22.4. The average Bonchev–Trinajstić information content (AvgIpc) is 3.61. The highest BCUT2D eigenvalue weighted by atomic mass is 16.7. The Balaban J connectivity index is 0.918. The molecule has 0 bridgehead atoms. The van der Waals surface area contributed by atoms with Gasteiger partial charge in [-0.1, -0.05) is 41.0 Å². The van der Waals surface area contributed by atoms with E-state index in [4.69, 9.17) is 23.7 Å². The Labute approximate surface area is 282 Å². The third-order valence-corrected chi connectivity index (χ3v) is 17.2. The molecule has 1 unspecified atom stereocenters. The smallest absolute Gasteiger partial charge is 0.309 e. The normalized spacial score (nSPS) is 53.7. The predicted octanol–water partition coefficient (Wildman–Crippen LogP) is 5.59. The van der Waals surface area contributed by atoms with Gasteiger partial charge in [-0.2, -0.15) is 0 Å². The van der Waals surface area contributed by atoms with Gasteiger partial charge in [0.1, 0.15) is 6.61 Å². The minimum atomic E-state index is -0.485. The number of ether oxygens (including phenoxy) is 5. The fraction of sp³-hybridized carbons (Fsp3) is 0.974. The van der Waals surface area contributed by atoms with Crippen molar-refractivity contribution in [3.8, 4) is 0 Å². The molecule has 0 radical (unpaired) electrons. The molecule has 3 aliphatic heterocycles. The summed E-state index contributed by atoms with van der Waals surface area (Å²) in [5, 5.41) is 12.5. The molecule has 264 valence electrons. The van der Waals surface area contributed by atoms with Crippen molar-refractivity contribution in [3.05, 3.63) is 0 Å². The number of hydrogen-bond donors (Lipinski definition) is 1. The molecule has 0 amide bonds. The van der Waals surface area contributed by atoms with Crippen LogP contribution in [0.4, 0.5) is 0 Å². The number of fused-ring (bicyclic) bond motifs is 4. The van der Waals surface area contributed by atoms with E-state index in [0.717, 1.165) is 65.0 Å². The van der Waals surface area contributed by atoms with E-state index >= 15 is 0 Å². The van der Waals surface area contributed by atoms with Gasteiger partial charge in [0.05, 0.1) is 62.7 Å². The van der Waals surface area contributed by atoms with Crippen LogP contribution in [-0.4, -0.2) is 92.2 Å². The highest BCUT2D eigenvalue weighted by Crippen LogP contribution is 2.89. The van der Waals surface area contributed by atoms with E-state index in [0.29, 0.717) is 47.2 Å². The van der Waals surface area contributed by atoms with E-state index in [1.807, 2.05) is 0 Å². The maximum Gasteiger partial charge on any atom is 0.309 e. The van der Waals surface area contributed by atoms with Gasteiger partial charge in [-0.25, -0.2) is 0 Å². The molecule has 9 rings (SSSR count). The van der Waals surface area contributed by atoms with Gasteiger partial charge in [0.2, 0.25) is 0 Å². The first-order valence-corrected chi connectivity index (χ1v) is 19.5. The number of morpholine rings is 1. The van der Waals surface area contributed by atoms with E-state index in [1.165, 1.54) is 38.5 Å². The minimum Gasteiger partial charge on any atom is -0.463 e. The lowest BCUT2D eigenvalue weighted by atomic mass is 9.41. The van der Waals surface area contributed by atoms with Crippen LogP contribution in [0.2, 0.25) is 0 Å². The first-order valence-electron chi connectivity index (χ1n) is 19.5. The molecular formula is C39H61NO7. The maximum absolute atomic E-state index is 12.5. The van der Waals surface area contributed by atoms with Crippen molar-refractivity contribution in [3.63, 3.8) is 0 Å². The first kappa shape index (κ1) is 32.2. The van der Waals surface area contributed by atoms with Crippen molar-refractivity contribution >= 4 is 5.97 Å².